The van der Waals surface area contributed by atoms with Gasteiger partial charge in [0.1, 0.15) is 16.9 Å². The van der Waals surface area contributed by atoms with Crippen LogP contribution in [0.1, 0.15) is 33.1 Å². The number of methoxy groups -OCH3 is 1. The van der Waals surface area contributed by atoms with E-state index < -0.39 is 22.9 Å². The average Bonchev–Trinajstić information content (AvgIpc) is 2.48. The summed E-state index contributed by atoms with van der Waals surface area (Å²) in [6.45, 7) is 3.59. The summed E-state index contributed by atoms with van der Waals surface area (Å²) in [4.78, 5) is 23.2. The van der Waals surface area contributed by atoms with Crippen LogP contribution in [0.15, 0.2) is 17.0 Å². The standard InChI is InChI=1S/C15H19F2NO3S/c1-4-6-14(19)18-11-8-13(10(17)7-9(11)16)22-12(5-2)15(20)21-3/h7-8,12H,4-6H2,1-3H3,(H,18,19). The number of hydrogen-bond donors (Lipinski definition) is 1. The van der Waals surface area contributed by atoms with Crippen LogP contribution in [0.5, 0.6) is 0 Å². The predicted octanol–water partition coefficient (Wildman–Crippen LogP) is 3.75. The summed E-state index contributed by atoms with van der Waals surface area (Å²) in [5.41, 5.74) is -0.0953. The fraction of sp³-hybridized carbons (Fsp3) is 0.467. The number of carbonyl (C=O) groups is 2. The normalized spacial score (nSPS) is 11.9. The van der Waals surface area contributed by atoms with Gasteiger partial charge in [-0.1, -0.05) is 13.8 Å². The molecule has 0 heterocycles. The monoisotopic (exact) mass is 331 g/mol. The van der Waals surface area contributed by atoms with Crippen LogP contribution in [0.25, 0.3) is 0 Å². The van der Waals surface area contributed by atoms with Crippen molar-refractivity contribution in [2.24, 2.45) is 0 Å². The van der Waals surface area contributed by atoms with Crippen molar-refractivity contribution < 1.29 is 23.1 Å². The molecule has 0 aliphatic carbocycles. The third kappa shape index (κ3) is 4.98. The van der Waals surface area contributed by atoms with Crippen LogP contribution >= 0.6 is 11.8 Å². The van der Waals surface area contributed by atoms with Crippen molar-refractivity contribution in [2.45, 2.75) is 43.3 Å². The van der Waals surface area contributed by atoms with Gasteiger partial charge >= 0.3 is 5.97 Å². The lowest BCUT2D eigenvalue weighted by Crippen LogP contribution is -2.18. The molecule has 0 spiro atoms. The van der Waals surface area contributed by atoms with Gasteiger partial charge < -0.3 is 10.1 Å². The molecule has 22 heavy (non-hydrogen) atoms. The van der Waals surface area contributed by atoms with Gasteiger partial charge in [0.2, 0.25) is 5.91 Å². The lowest BCUT2D eigenvalue weighted by molar-refractivity contribution is -0.140. The summed E-state index contributed by atoms with van der Waals surface area (Å²) in [5.74, 6) is -2.45. The largest absolute Gasteiger partial charge is 0.468 e. The lowest BCUT2D eigenvalue weighted by atomic mass is 10.2. The summed E-state index contributed by atoms with van der Waals surface area (Å²) in [5, 5.41) is 1.81. The Bertz CT molecular complexity index is 552. The number of ether oxygens (including phenoxy) is 1. The van der Waals surface area contributed by atoms with Crippen molar-refractivity contribution in [3.8, 4) is 0 Å². The number of nitrogens with one attached hydrogen (secondary N) is 1. The van der Waals surface area contributed by atoms with Crippen LogP contribution in [-0.4, -0.2) is 24.2 Å². The van der Waals surface area contributed by atoms with Crippen LogP contribution in [-0.2, 0) is 14.3 Å². The Balaban J connectivity index is 3.00. The van der Waals surface area contributed by atoms with Crippen LogP contribution < -0.4 is 5.32 Å². The first-order valence-electron chi connectivity index (χ1n) is 6.96. The van der Waals surface area contributed by atoms with Crippen molar-refractivity contribution in [1.82, 2.24) is 0 Å². The topological polar surface area (TPSA) is 55.4 Å². The Morgan fingerprint density at radius 2 is 1.95 bits per heavy atom. The summed E-state index contributed by atoms with van der Waals surface area (Å²) in [7, 11) is 1.25. The van der Waals surface area contributed by atoms with Crippen molar-refractivity contribution in [3.05, 3.63) is 23.8 Å². The molecule has 1 rings (SSSR count). The Hall–Kier alpha value is -1.63. The number of anilines is 1. The lowest BCUT2D eigenvalue weighted by Gasteiger charge is -2.14. The summed E-state index contributed by atoms with van der Waals surface area (Å²) >= 11 is 0.944. The number of thioether (sulfide) groups is 1. The second kappa shape index (κ2) is 8.73. The molecule has 0 radical (unpaired) electrons. The van der Waals surface area contributed by atoms with Crippen LogP contribution in [0.2, 0.25) is 0 Å². The molecule has 0 bridgehead atoms. The van der Waals surface area contributed by atoms with Gasteiger partial charge in [0.05, 0.1) is 12.8 Å². The molecule has 1 aromatic carbocycles. The van der Waals surface area contributed by atoms with Gasteiger partial charge in [0, 0.05) is 17.4 Å². The van der Waals surface area contributed by atoms with Gasteiger partial charge in [-0.3, -0.25) is 9.59 Å². The molecule has 0 fully saturated rings. The highest BCUT2D eigenvalue weighted by Crippen LogP contribution is 2.32. The molecule has 4 nitrogen and oxygen atoms in total. The minimum atomic E-state index is -0.850. The third-order valence-corrected chi connectivity index (χ3v) is 4.25. The van der Waals surface area contributed by atoms with E-state index in [1.54, 1.807) is 6.92 Å². The molecule has 0 saturated carbocycles. The molecule has 1 unspecified atom stereocenters. The number of halogens is 2. The first kappa shape index (κ1) is 18.4. The van der Waals surface area contributed by atoms with E-state index >= 15 is 0 Å². The highest BCUT2D eigenvalue weighted by molar-refractivity contribution is 8.00. The maximum absolute atomic E-state index is 13.9. The zero-order chi connectivity index (χ0) is 16.7. The van der Waals surface area contributed by atoms with Crippen LogP contribution in [0.4, 0.5) is 14.5 Å². The van der Waals surface area contributed by atoms with E-state index in [1.807, 2.05) is 6.92 Å². The zero-order valence-corrected chi connectivity index (χ0v) is 13.6. The van der Waals surface area contributed by atoms with Gasteiger partial charge in [-0.05, 0) is 18.9 Å². The van der Waals surface area contributed by atoms with E-state index in [2.05, 4.69) is 10.1 Å². The van der Waals surface area contributed by atoms with Crippen LogP contribution in [0.3, 0.4) is 0 Å². The minimum Gasteiger partial charge on any atom is -0.468 e. The summed E-state index contributed by atoms with van der Waals surface area (Å²) in [6, 6.07) is 1.91. The molecule has 1 N–H and O–H groups in total. The number of benzene rings is 1. The highest BCUT2D eigenvalue weighted by atomic mass is 32.2. The Kier molecular flexibility index (Phi) is 7.31. The Labute approximate surface area is 132 Å². The van der Waals surface area contributed by atoms with E-state index in [0.29, 0.717) is 18.9 Å². The van der Waals surface area contributed by atoms with Crippen molar-refractivity contribution in [1.29, 1.82) is 0 Å². The SMILES string of the molecule is CCCC(=O)Nc1cc(SC(CC)C(=O)OC)c(F)cc1F. The molecule has 1 atom stereocenters. The zero-order valence-electron chi connectivity index (χ0n) is 12.7. The van der Waals surface area contributed by atoms with Gasteiger partial charge in [-0.2, -0.15) is 0 Å². The number of amides is 1. The molecule has 0 aliphatic rings. The number of esters is 1. The maximum Gasteiger partial charge on any atom is 0.319 e. The minimum absolute atomic E-state index is 0.0884. The Morgan fingerprint density at radius 3 is 2.50 bits per heavy atom. The van der Waals surface area contributed by atoms with Crippen molar-refractivity contribution >= 4 is 29.3 Å². The Morgan fingerprint density at radius 1 is 1.27 bits per heavy atom. The molecule has 122 valence electrons. The molecule has 0 saturated heterocycles. The summed E-state index contributed by atoms with van der Waals surface area (Å²) in [6.07, 6.45) is 1.31. The van der Waals surface area contributed by atoms with Gasteiger partial charge in [0.25, 0.3) is 0 Å². The first-order chi connectivity index (χ1) is 10.4. The number of carbonyl (C=O) groups excluding carboxylic acids is 2. The quantitative estimate of drug-likeness (QED) is 0.611. The van der Waals surface area contributed by atoms with E-state index in [9.17, 15) is 18.4 Å². The fourth-order valence-electron chi connectivity index (χ4n) is 1.74. The van der Waals surface area contributed by atoms with E-state index in [0.717, 1.165) is 11.8 Å². The average molecular weight is 331 g/mol. The van der Waals surface area contributed by atoms with Gasteiger partial charge in [-0.25, -0.2) is 8.78 Å². The molecule has 7 heteroatoms. The predicted molar refractivity (Wildman–Crippen MR) is 81.8 cm³/mol. The first-order valence-corrected chi connectivity index (χ1v) is 7.84. The van der Waals surface area contributed by atoms with E-state index in [-0.39, 0.29) is 22.9 Å². The van der Waals surface area contributed by atoms with Crippen molar-refractivity contribution in [2.75, 3.05) is 12.4 Å². The highest BCUT2D eigenvalue weighted by Gasteiger charge is 2.21. The second-order valence-electron chi connectivity index (χ2n) is 4.60. The molecule has 0 aliphatic heterocycles. The number of rotatable bonds is 7. The molecule has 1 amide bonds. The maximum atomic E-state index is 13.9. The van der Waals surface area contributed by atoms with E-state index in [4.69, 9.17) is 0 Å². The smallest absolute Gasteiger partial charge is 0.319 e. The summed E-state index contributed by atoms with van der Waals surface area (Å²) < 4.78 is 32.2. The number of hydrogen-bond acceptors (Lipinski definition) is 4. The van der Waals surface area contributed by atoms with Crippen molar-refractivity contribution in [3.63, 3.8) is 0 Å². The molecular formula is C15H19F2NO3S. The van der Waals surface area contributed by atoms with Crippen LogP contribution in [0, 0.1) is 11.6 Å². The second-order valence-corrected chi connectivity index (χ2v) is 5.84. The fourth-order valence-corrected chi connectivity index (χ4v) is 2.76. The van der Waals surface area contributed by atoms with Gasteiger partial charge in [0.15, 0.2) is 0 Å². The molecular weight excluding hydrogens is 312 g/mol. The third-order valence-electron chi connectivity index (χ3n) is 2.88. The van der Waals surface area contributed by atoms with Gasteiger partial charge in [-0.15, -0.1) is 11.8 Å². The van der Waals surface area contributed by atoms with E-state index in [1.165, 1.54) is 13.2 Å². The molecule has 0 aromatic heterocycles. The molecule has 1 aromatic rings.